The summed E-state index contributed by atoms with van der Waals surface area (Å²) in [6.07, 6.45) is 4.64. The summed E-state index contributed by atoms with van der Waals surface area (Å²) in [4.78, 5) is 15.7. The number of hydrogen-bond acceptors (Lipinski definition) is 4. The second-order valence-electron chi connectivity index (χ2n) is 6.63. The van der Waals surface area contributed by atoms with Crippen LogP contribution in [0.3, 0.4) is 0 Å². The molecule has 1 aliphatic heterocycles. The summed E-state index contributed by atoms with van der Waals surface area (Å²) >= 11 is 0. The van der Waals surface area contributed by atoms with Gasteiger partial charge in [-0.2, -0.15) is 5.10 Å². The zero-order chi connectivity index (χ0) is 18.1. The van der Waals surface area contributed by atoms with Crippen LogP contribution in [0.1, 0.15) is 40.6 Å². The minimum Gasteiger partial charge on any atom is -0.495 e. The Morgan fingerprint density at radius 2 is 2.38 bits per heavy atom. The van der Waals surface area contributed by atoms with Crippen molar-refractivity contribution in [2.24, 2.45) is 5.73 Å². The SMILES string of the molecule is COc1cccc2c(CCNC(=O)c3cc4n(n3)CCCC4N)c[nH]c12. The number of aromatic amines is 1. The van der Waals surface area contributed by atoms with E-state index in [9.17, 15) is 4.79 Å². The molecule has 7 heteroatoms. The summed E-state index contributed by atoms with van der Waals surface area (Å²) < 4.78 is 7.22. The number of hydrogen-bond donors (Lipinski definition) is 3. The lowest BCUT2D eigenvalue weighted by atomic mass is 10.1. The van der Waals surface area contributed by atoms with Gasteiger partial charge in [-0.1, -0.05) is 12.1 Å². The number of nitrogens with two attached hydrogens (primary N) is 1. The summed E-state index contributed by atoms with van der Waals surface area (Å²) in [5.41, 5.74) is 9.61. The van der Waals surface area contributed by atoms with E-state index in [1.165, 1.54) is 0 Å². The molecule has 0 radical (unpaired) electrons. The Kier molecular flexibility index (Phi) is 4.38. The van der Waals surface area contributed by atoms with Crippen LogP contribution in [0.4, 0.5) is 0 Å². The maximum absolute atomic E-state index is 12.4. The lowest BCUT2D eigenvalue weighted by molar-refractivity contribution is 0.0948. The molecule has 0 saturated heterocycles. The number of H-pyrrole nitrogens is 1. The van der Waals surface area contributed by atoms with Gasteiger partial charge in [-0.15, -0.1) is 0 Å². The number of amides is 1. The van der Waals surface area contributed by atoms with E-state index in [0.717, 1.165) is 53.7 Å². The van der Waals surface area contributed by atoms with Crippen molar-refractivity contribution in [3.8, 4) is 5.75 Å². The normalized spacial score (nSPS) is 16.5. The van der Waals surface area contributed by atoms with Crippen molar-refractivity contribution in [2.75, 3.05) is 13.7 Å². The Morgan fingerprint density at radius 3 is 3.19 bits per heavy atom. The summed E-state index contributed by atoms with van der Waals surface area (Å²) in [6, 6.07) is 7.73. The Bertz CT molecular complexity index is 943. The number of rotatable bonds is 5. The maximum Gasteiger partial charge on any atom is 0.271 e. The van der Waals surface area contributed by atoms with Gasteiger partial charge in [0.15, 0.2) is 5.69 Å². The van der Waals surface area contributed by atoms with E-state index in [-0.39, 0.29) is 11.9 Å². The van der Waals surface area contributed by atoms with E-state index in [1.54, 1.807) is 7.11 Å². The fourth-order valence-corrected chi connectivity index (χ4v) is 3.59. The number of aromatic nitrogens is 3. The number of carbonyl (C=O) groups is 1. The molecule has 1 unspecified atom stereocenters. The van der Waals surface area contributed by atoms with Crippen LogP contribution in [0, 0.1) is 0 Å². The van der Waals surface area contributed by atoms with Crippen molar-refractivity contribution >= 4 is 16.8 Å². The monoisotopic (exact) mass is 353 g/mol. The van der Waals surface area contributed by atoms with Crippen LogP contribution in [0.2, 0.25) is 0 Å². The number of aryl methyl sites for hydroxylation is 1. The first-order valence-electron chi connectivity index (χ1n) is 8.92. The smallest absolute Gasteiger partial charge is 0.271 e. The topological polar surface area (TPSA) is 98.0 Å². The third-order valence-electron chi connectivity index (χ3n) is 4.97. The zero-order valence-electron chi connectivity index (χ0n) is 14.8. The number of methoxy groups -OCH3 is 1. The third-order valence-corrected chi connectivity index (χ3v) is 4.97. The van der Waals surface area contributed by atoms with E-state index < -0.39 is 0 Å². The molecule has 0 fully saturated rings. The molecule has 0 spiro atoms. The minimum absolute atomic E-state index is 0.0287. The van der Waals surface area contributed by atoms with Gasteiger partial charge in [0.1, 0.15) is 5.75 Å². The molecule has 2 aromatic heterocycles. The zero-order valence-corrected chi connectivity index (χ0v) is 14.8. The quantitative estimate of drug-likeness (QED) is 0.654. The summed E-state index contributed by atoms with van der Waals surface area (Å²) in [6.45, 7) is 1.37. The molecule has 3 heterocycles. The number of fused-ring (bicyclic) bond motifs is 2. The van der Waals surface area contributed by atoms with E-state index in [0.29, 0.717) is 12.2 Å². The lowest BCUT2D eigenvalue weighted by Gasteiger charge is -2.19. The van der Waals surface area contributed by atoms with E-state index >= 15 is 0 Å². The number of para-hydroxylation sites is 1. The largest absolute Gasteiger partial charge is 0.495 e. The number of carbonyl (C=O) groups excluding carboxylic acids is 1. The fourth-order valence-electron chi connectivity index (χ4n) is 3.59. The van der Waals surface area contributed by atoms with Gasteiger partial charge in [0.2, 0.25) is 0 Å². The first kappa shape index (κ1) is 16.7. The van der Waals surface area contributed by atoms with Crippen LogP contribution < -0.4 is 15.8 Å². The van der Waals surface area contributed by atoms with Crippen LogP contribution in [0.5, 0.6) is 5.75 Å². The van der Waals surface area contributed by atoms with Gasteiger partial charge in [0.05, 0.1) is 18.3 Å². The van der Waals surface area contributed by atoms with Crippen LogP contribution in [-0.4, -0.2) is 34.3 Å². The second-order valence-corrected chi connectivity index (χ2v) is 6.63. The Balaban J connectivity index is 1.41. The summed E-state index contributed by atoms with van der Waals surface area (Å²) in [7, 11) is 1.66. The van der Waals surface area contributed by atoms with E-state index in [1.807, 2.05) is 29.1 Å². The molecule has 1 atom stereocenters. The molecular weight excluding hydrogens is 330 g/mol. The molecule has 3 aromatic rings. The molecule has 1 aliphatic rings. The van der Waals surface area contributed by atoms with Crippen molar-refractivity contribution < 1.29 is 9.53 Å². The highest BCUT2D eigenvalue weighted by molar-refractivity contribution is 5.92. The molecule has 7 nitrogen and oxygen atoms in total. The van der Waals surface area contributed by atoms with Gasteiger partial charge in [0, 0.05) is 30.7 Å². The number of ether oxygens (including phenoxy) is 1. The highest BCUT2D eigenvalue weighted by Gasteiger charge is 2.21. The van der Waals surface area contributed by atoms with Gasteiger partial charge in [-0.3, -0.25) is 9.48 Å². The van der Waals surface area contributed by atoms with Gasteiger partial charge >= 0.3 is 0 Å². The molecule has 26 heavy (non-hydrogen) atoms. The third kappa shape index (κ3) is 2.94. The standard InChI is InChI=1S/C19H23N5O2/c1-26-17-6-2-4-13-12(11-22-18(13)17)7-8-21-19(25)15-10-16-14(20)5-3-9-24(16)23-15/h2,4,6,10-11,14,22H,3,5,7-9,20H2,1H3,(H,21,25). The first-order chi connectivity index (χ1) is 12.7. The lowest BCUT2D eigenvalue weighted by Crippen LogP contribution is -2.26. The maximum atomic E-state index is 12.4. The number of nitrogens with zero attached hydrogens (tertiary/aromatic N) is 2. The van der Waals surface area contributed by atoms with Crippen LogP contribution in [0.25, 0.3) is 10.9 Å². The van der Waals surface area contributed by atoms with Crippen LogP contribution in [-0.2, 0) is 13.0 Å². The van der Waals surface area contributed by atoms with E-state index in [2.05, 4.69) is 21.5 Å². The van der Waals surface area contributed by atoms with Gasteiger partial charge in [-0.25, -0.2) is 0 Å². The van der Waals surface area contributed by atoms with Crippen molar-refractivity contribution in [3.05, 3.63) is 47.4 Å². The Hall–Kier alpha value is -2.80. The fraction of sp³-hybridized carbons (Fsp3) is 0.368. The van der Waals surface area contributed by atoms with Gasteiger partial charge < -0.3 is 20.8 Å². The highest BCUT2D eigenvalue weighted by atomic mass is 16.5. The second kappa shape index (κ2) is 6.84. The van der Waals surface area contributed by atoms with Crippen molar-refractivity contribution in [2.45, 2.75) is 31.8 Å². The van der Waals surface area contributed by atoms with Crippen molar-refractivity contribution in [1.29, 1.82) is 0 Å². The molecule has 0 bridgehead atoms. The number of benzene rings is 1. The molecular formula is C19H23N5O2. The highest BCUT2D eigenvalue weighted by Crippen LogP contribution is 2.27. The van der Waals surface area contributed by atoms with Crippen molar-refractivity contribution in [3.63, 3.8) is 0 Å². The average molecular weight is 353 g/mol. The van der Waals surface area contributed by atoms with Crippen LogP contribution >= 0.6 is 0 Å². The summed E-state index contributed by atoms with van der Waals surface area (Å²) in [5.74, 6) is 0.661. The van der Waals surface area contributed by atoms with Crippen LogP contribution in [0.15, 0.2) is 30.5 Å². The minimum atomic E-state index is -0.156. The molecule has 0 aliphatic carbocycles. The molecule has 1 amide bonds. The van der Waals surface area contributed by atoms with Crippen molar-refractivity contribution in [1.82, 2.24) is 20.1 Å². The summed E-state index contributed by atoms with van der Waals surface area (Å²) in [5, 5.41) is 8.46. The van der Waals surface area contributed by atoms with Gasteiger partial charge in [-0.05, 0) is 37.0 Å². The first-order valence-corrected chi connectivity index (χ1v) is 8.92. The molecule has 136 valence electrons. The Labute approximate surface area is 151 Å². The predicted octanol–water partition coefficient (Wildman–Crippen LogP) is 2.14. The predicted molar refractivity (Wildman–Crippen MR) is 99.3 cm³/mol. The molecule has 4 N–H and O–H groups in total. The molecule has 0 saturated carbocycles. The molecule has 1 aromatic carbocycles. The number of nitrogens with one attached hydrogen (secondary N) is 2. The average Bonchev–Trinajstić information content (AvgIpc) is 3.27. The van der Waals surface area contributed by atoms with Gasteiger partial charge in [0.25, 0.3) is 5.91 Å². The Morgan fingerprint density at radius 1 is 1.50 bits per heavy atom. The van der Waals surface area contributed by atoms with E-state index in [4.69, 9.17) is 10.5 Å². The molecule has 4 rings (SSSR count).